The van der Waals surface area contributed by atoms with Crippen molar-refractivity contribution in [2.45, 2.75) is 96.1 Å². The standard InChI is InChI=1S/C22H38O4Si/c1-17(23)19-18(9-8-11-21(19,5)24)10-12-22(13-15-25-16-14-22)26-27(6,7)20(2,3)4/h18-19,24H,8-9,11,13-16H2,1-7H3/t18-,19-,21+/m0/s1. The molecule has 27 heavy (non-hydrogen) atoms. The molecule has 0 unspecified atom stereocenters. The summed E-state index contributed by atoms with van der Waals surface area (Å²) < 4.78 is 12.4. The lowest BCUT2D eigenvalue weighted by atomic mass is 9.68. The van der Waals surface area contributed by atoms with E-state index in [4.69, 9.17) is 9.16 Å². The van der Waals surface area contributed by atoms with Gasteiger partial charge in [0.25, 0.3) is 0 Å². The molecular weight excluding hydrogens is 356 g/mol. The topological polar surface area (TPSA) is 55.8 Å². The van der Waals surface area contributed by atoms with E-state index in [-0.39, 0.29) is 16.7 Å². The molecule has 1 N–H and O–H groups in total. The molecule has 0 aromatic rings. The zero-order valence-electron chi connectivity index (χ0n) is 18.3. The Morgan fingerprint density at radius 3 is 2.33 bits per heavy atom. The summed E-state index contributed by atoms with van der Waals surface area (Å²) in [6.07, 6.45) is 3.95. The van der Waals surface area contributed by atoms with Crippen molar-refractivity contribution in [3.63, 3.8) is 0 Å². The molecule has 1 heterocycles. The number of aliphatic hydroxyl groups is 1. The lowest BCUT2D eigenvalue weighted by Crippen LogP contribution is -2.51. The molecule has 1 saturated heterocycles. The van der Waals surface area contributed by atoms with Crippen molar-refractivity contribution in [3.05, 3.63) is 0 Å². The maximum absolute atomic E-state index is 12.2. The Hall–Kier alpha value is -0.673. The van der Waals surface area contributed by atoms with Gasteiger partial charge in [-0.05, 0) is 51.2 Å². The molecule has 0 spiro atoms. The van der Waals surface area contributed by atoms with Crippen LogP contribution in [0.2, 0.25) is 18.1 Å². The second-order valence-electron chi connectivity index (χ2n) is 10.2. The minimum Gasteiger partial charge on any atom is -0.401 e. The van der Waals surface area contributed by atoms with E-state index in [0.717, 1.165) is 25.7 Å². The van der Waals surface area contributed by atoms with Crippen LogP contribution in [0.15, 0.2) is 0 Å². The van der Waals surface area contributed by atoms with E-state index in [1.165, 1.54) is 0 Å². The molecule has 1 aliphatic carbocycles. The minimum absolute atomic E-state index is 0.0327. The van der Waals surface area contributed by atoms with Crippen LogP contribution in [0.1, 0.15) is 66.7 Å². The van der Waals surface area contributed by atoms with Gasteiger partial charge in [0.15, 0.2) is 8.32 Å². The fourth-order valence-corrected chi connectivity index (χ4v) is 5.67. The van der Waals surface area contributed by atoms with E-state index in [1.807, 2.05) is 0 Å². The number of hydrogen-bond donors (Lipinski definition) is 1. The number of carbonyl (C=O) groups is 1. The monoisotopic (exact) mass is 394 g/mol. The first-order valence-corrected chi connectivity index (χ1v) is 13.2. The maximum Gasteiger partial charge on any atom is 0.194 e. The van der Waals surface area contributed by atoms with Crippen LogP contribution in [0.5, 0.6) is 0 Å². The fourth-order valence-electron chi connectivity index (χ4n) is 4.13. The molecule has 0 amide bonds. The highest BCUT2D eigenvalue weighted by atomic mass is 28.4. The molecule has 2 fully saturated rings. The molecule has 0 aromatic heterocycles. The summed E-state index contributed by atoms with van der Waals surface area (Å²) in [5.74, 6) is 6.40. The summed E-state index contributed by atoms with van der Waals surface area (Å²) in [5.41, 5.74) is -1.46. The maximum atomic E-state index is 12.2. The van der Waals surface area contributed by atoms with Crippen molar-refractivity contribution in [2.24, 2.45) is 11.8 Å². The van der Waals surface area contributed by atoms with E-state index in [1.54, 1.807) is 13.8 Å². The normalized spacial score (nSPS) is 31.7. The summed E-state index contributed by atoms with van der Waals surface area (Å²) in [4.78, 5) is 12.2. The highest BCUT2D eigenvalue weighted by molar-refractivity contribution is 6.74. The highest BCUT2D eigenvalue weighted by Gasteiger charge is 2.46. The smallest absolute Gasteiger partial charge is 0.194 e. The Morgan fingerprint density at radius 2 is 1.81 bits per heavy atom. The molecular formula is C22H38O4Si. The molecule has 0 bridgehead atoms. The van der Waals surface area contributed by atoms with Crippen molar-refractivity contribution in [1.29, 1.82) is 0 Å². The van der Waals surface area contributed by atoms with E-state index in [2.05, 4.69) is 45.7 Å². The van der Waals surface area contributed by atoms with Gasteiger partial charge in [-0.1, -0.05) is 32.6 Å². The van der Waals surface area contributed by atoms with E-state index < -0.39 is 25.4 Å². The molecule has 5 heteroatoms. The predicted molar refractivity (Wildman–Crippen MR) is 111 cm³/mol. The second kappa shape index (κ2) is 7.98. The first kappa shape index (κ1) is 22.6. The Labute approximate surface area is 166 Å². The van der Waals surface area contributed by atoms with E-state index in [0.29, 0.717) is 19.6 Å². The number of ether oxygens (including phenoxy) is 1. The van der Waals surface area contributed by atoms with Gasteiger partial charge in [-0.2, -0.15) is 0 Å². The van der Waals surface area contributed by atoms with Crippen molar-refractivity contribution >= 4 is 14.1 Å². The number of hydrogen-bond acceptors (Lipinski definition) is 4. The SMILES string of the molecule is CC(=O)[C@H]1[C@H](C#CC2(O[Si](C)(C)C(C)(C)C)CCOCC2)CCC[C@@]1(C)O. The largest absolute Gasteiger partial charge is 0.401 e. The van der Waals surface area contributed by atoms with Crippen molar-refractivity contribution < 1.29 is 19.1 Å². The lowest BCUT2D eigenvalue weighted by molar-refractivity contribution is -0.135. The summed E-state index contributed by atoms with van der Waals surface area (Å²) in [6.45, 7) is 15.9. The molecule has 154 valence electrons. The summed E-state index contributed by atoms with van der Waals surface area (Å²) >= 11 is 0. The van der Waals surface area contributed by atoms with Crippen LogP contribution in [-0.2, 0) is 14.0 Å². The van der Waals surface area contributed by atoms with Crippen LogP contribution >= 0.6 is 0 Å². The van der Waals surface area contributed by atoms with Gasteiger partial charge in [-0.15, -0.1) is 0 Å². The van der Waals surface area contributed by atoms with Crippen LogP contribution in [0.25, 0.3) is 0 Å². The van der Waals surface area contributed by atoms with Gasteiger partial charge < -0.3 is 14.3 Å². The predicted octanol–water partition coefficient (Wildman–Crippen LogP) is 4.32. The third-order valence-electron chi connectivity index (χ3n) is 6.75. The Morgan fingerprint density at radius 1 is 1.22 bits per heavy atom. The van der Waals surface area contributed by atoms with Crippen LogP contribution in [0, 0.1) is 23.7 Å². The fraction of sp³-hybridized carbons (Fsp3) is 0.864. The van der Waals surface area contributed by atoms with Gasteiger partial charge in [0.05, 0.1) is 24.7 Å². The number of ketones is 1. The zero-order chi connectivity index (χ0) is 20.5. The van der Waals surface area contributed by atoms with Crippen molar-refractivity contribution in [3.8, 4) is 11.8 Å². The van der Waals surface area contributed by atoms with Crippen molar-refractivity contribution in [1.82, 2.24) is 0 Å². The molecule has 1 saturated carbocycles. The molecule has 1 aliphatic heterocycles. The van der Waals surface area contributed by atoms with Gasteiger partial charge in [-0.3, -0.25) is 4.79 Å². The molecule has 2 rings (SSSR count). The third kappa shape index (κ3) is 5.23. The van der Waals surface area contributed by atoms with Crippen LogP contribution in [0.4, 0.5) is 0 Å². The Kier molecular flexibility index (Phi) is 6.69. The molecule has 4 nitrogen and oxygen atoms in total. The quantitative estimate of drug-likeness (QED) is 0.572. The van der Waals surface area contributed by atoms with E-state index >= 15 is 0 Å². The zero-order valence-corrected chi connectivity index (χ0v) is 19.3. The highest BCUT2D eigenvalue weighted by Crippen LogP contribution is 2.42. The second-order valence-corrected chi connectivity index (χ2v) is 14.9. The third-order valence-corrected chi connectivity index (χ3v) is 11.3. The number of carbonyl (C=O) groups excluding carboxylic acids is 1. The van der Waals surface area contributed by atoms with Crippen LogP contribution in [0.3, 0.4) is 0 Å². The summed E-state index contributed by atoms with van der Waals surface area (Å²) in [5, 5.41) is 10.8. The van der Waals surface area contributed by atoms with Gasteiger partial charge in [0.2, 0.25) is 0 Å². The van der Waals surface area contributed by atoms with Crippen LogP contribution < -0.4 is 0 Å². The average Bonchev–Trinajstić information content (AvgIpc) is 2.51. The Bertz CT molecular complexity index is 600. The Balaban J connectivity index is 2.33. The minimum atomic E-state index is -1.99. The van der Waals surface area contributed by atoms with Gasteiger partial charge >= 0.3 is 0 Å². The van der Waals surface area contributed by atoms with Crippen molar-refractivity contribution in [2.75, 3.05) is 13.2 Å². The van der Waals surface area contributed by atoms with E-state index in [9.17, 15) is 9.90 Å². The average molecular weight is 395 g/mol. The first-order valence-electron chi connectivity index (χ1n) is 10.3. The van der Waals surface area contributed by atoms with Crippen LogP contribution in [-0.4, -0.2) is 43.6 Å². The summed E-state index contributed by atoms with van der Waals surface area (Å²) in [6, 6.07) is 0. The molecule has 0 aromatic carbocycles. The number of Topliss-reactive ketones (excluding diaryl/α,β-unsaturated/α-hetero) is 1. The molecule has 0 radical (unpaired) electrons. The lowest BCUT2D eigenvalue weighted by Gasteiger charge is -2.45. The van der Waals surface area contributed by atoms with Gasteiger partial charge in [0, 0.05) is 18.8 Å². The van der Waals surface area contributed by atoms with Gasteiger partial charge in [-0.25, -0.2) is 0 Å². The summed E-state index contributed by atoms with van der Waals surface area (Å²) in [7, 11) is -1.99. The molecule has 2 aliphatic rings. The first-order chi connectivity index (χ1) is 12.3. The molecule has 3 atom stereocenters. The van der Waals surface area contributed by atoms with Gasteiger partial charge in [0.1, 0.15) is 11.4 Å². The number of rotatable bonds is 3.